The first-order chi connectivity index (χ1) is 38.9. The molecule has 82 heavy (non-hydrogen) atoms. The van der Waals surface area contributed by atoms with E-state index in [1.165, 1.54) is 12.1 Å². The number of carbonyl (C=O) groups excluding carboxylic acids is 4. The third-order valence-electron chi connectivity index (χ3n) is 13.8. The second-order valence-electron chi connectivity index (χ2n) is 20.6. The minimum Gasteiger partial charge on any atom is -0.550 e. The van der Waals surface area contributed by atoms with Gasteiger partial charge in [0.15, 0.2) is 0 Å². The van der Waals surface area contributed by atoms with Crippen molar-refractivity contribution in [1.82, 2.24) is 9.13 Å². The summed E-state index contributed by atoms with van der Waals surface area (Å²) in [5.74, 6) is -3.84. The zero-order valence-corrected chi connectivity index (χ0v) is 48.8. The summed E-state index contributed by atoms with van der Waals surface area (Å²) in [7, 11) is 0. The topological polar surface area (TPSA) is 229 Å². The zero-order valence-electron chi connectivity index (χ0n) is 46.6. The van der Waals surface area contributed by atoms with Crippen molar-refractivity contribution in [3.8, 4) is 44.8 Å². The standard InChI is InChI=1S/C33H35FN2O5.C33H36N2O5.Ca/c1-21(2)31-30(33(41)35-25-11-7-4-8-12-25)29(22-9-5-3-6-10-22)32(23-13-15-24(34)16-14-23)36(31)18-17-26(37)19-27(38)20-28(39)40;1-22(2)31-30(33(40)34-25-16-10-5-11-17-25)29(23-12-6-3-7-13-23)32(24-14-8-4-9-15-24)35(31)19-18-26(36)20-27(37)21-28(38)39;/h3-16,21,26-27,37-38H,17-20H2,1-2H3,(H,35,41)(H,39,40);3-17,22,26-27,36-37H,18-21H2,1-2H3,(H,34,40)(H,38,39);/q;;+2/p-2/t2*26-,27-;/m11./s1/i2*29+2;. The van der Waals surface area contributed by atoms with Crippen LogP contribution in [0, 0.1) is 5.82 Å². The molecule has 0 saturated heterocycles. The summed E-state index contributed by atoms with van der Waals surface area (Å²) in [5.41, 5.74) is 10.3. The van der Waals surface area contributed by atoms with Gasteiger partial charge in [-0.15, -0.1) is 0 Å². The summed E-state index contributed by atoms with van der Waals surface area (Å²) < 4.78 is 18.1. The Balaban J connectivity index is 0.000000261. The van der Waals surface area contributed by atoms with Gasteiger partial charge in [0.2, 0.25) is 0 Å². The van der Waals surface area contributed by atoms with Gasteiger partial charge in [-0.3, -0.25) is 9.59 Å². The number of carbonyl (C=O) groups is 4. The Bertz CT molecular complexity index is 3340. The Hall–Kier alpha value is -7.21. The molecule has 16 heteroatoms. The van der Waals surface area contributed by atoms with Crippen molar-refractivity contribution in [2.24, 2.45) is 0 Å². The van der Waals surface area contributed by atoms with Crippen LogP contribution in [0.2, 0.25) is 0 Å². The normalized spacial score (nSPS) is 12.6. The summed E-state index contributed by atoms with van der Waals surface area (Å²) in [6, 6.07) is 53.7. The molecule has 0 spiro atoms. The van der Waals surface area contributed by atoms with Crippen molar-refractivity contribution >= 4 is 72.9 Å². The average Bonchev–Trinajstić information content (AvgIpc) is 4.23. The van der Waals surface area contributed by atoms with E-state index in [4.69, 9.17) is 0 Å². The fourth-order valence-corrected chi connectivity index (χ4v) is 10.4. The number of aliphatic carboxylic acids is 2. The van der Waals surface area contributed by atoms with Gasteiger partial charge in [-0.1, -0.05) is 155 Å². The Morgan fingerprint density at radius 1 is 0.476 bits per heavy atom. The molecule has 0 fully saturated rings. The fourth-order valence-electron chi connectivity index (χ4n) is 10.4. The number of amides is 2. The number of hydrogen-bond acceptors (Lipinski definition) is 10. The number of aliphatic hydroxyl groups is 4. The predicted molar refractivity (Wildman–Crippen MR) is 315 cm³/mol. The fraction of sp³-hybridized carbons (Fsp3) is 0.273. The zero-order chi connectivity index (χ0) is 58.2. The number of anilines is 2. The summed E-state index contributed by atoms with van der Waals surface area (Å²) in [4.78, 5) is 49.8. The Kier molecular flexibility index (Phi) is 24.0. The SMILES string of the molecule is CC(C)c1c(C(=O)Nc2ccccc2)[14c](-c2ccccc2)c(-c2ccc(F)cc2)n1CC[C@@H](O)C[C@@H](O)CC(=O)[O-].CC(C)c1c(C(=O)Nc2ccccc2)[14c](-c2ccccc2)c(-c2ccccc2)n1CC[C@@H](O)C[C@@H](O)CC(=O)[O-].[Ca+2]. The quantitative estimate of drug-likeness (QED) is 0.0314. The maximum absolute atomic E-state index is 14.0. The molecule has 2 amide bonds. The molecule has 0 radical (unpaired) electrons. The van der Waals surface area contributed by atoms with E-state index in [0.29, 0.717) is 45.9 Å². The maximum Gasteiger partial charge on any atom is 2.00 e. The summed E-state index contributed by atoms with van der Waals surface area (Å²) >= 11 is 0. The molecule has 0 aliphatic carbocycles. The molecule has 4 atom stereocenters. The van der Waals surface area contributed by atoms with Gasteiger partial charge in [0.1, 0.15) is 5.82 Å². The number of halogens is 1. The van der Waals surface area contributed by atoms with Crippen molar-refractivity contribution in [2.45, 2.75) is 116 Å². The van der Waals surface area contributed by atoms with Crippen LogP contribution < -0.4 is 20.8 Å². The number of carboxylic acid groups (broad SMARTS) is 2. The van der Waals surface area contributed by atoms with E-state index in [1.54, 1.807) is 24.3 Å². The molecular formula is C66H69CaFN4O10. The van der Waals surface area contributed by atoms with Crippen molar-refractivity contribution in [1.29, 1.82) is 0 Å². The number of carboxylic acids is 2. The summed E-state index contributed by atoms with van der Waals surface area (Å²) in [6.45, 7) is 8.65. The van der Waals surface area contributed by atoms with Gasteiger partial charge in [-0.05, 0) is 108 Å². The van der Waals surface area contributed by atoms with E-state index < -0.39 is 55.0 Å². The van der Waals surface area contributed by atoms with Crippen LogP contribution in [-0.2, 0) is 22.7 Å². The van der Waals surface area contributed by atoms with E-state index in [1.807, 2.05) is 172 Å². The van der Waals surface area contributed by atoms with Crippen LogP contribution in [-0.4, -0.2) is 115 Å². The second kappa shape index (κ2) is 30.7. The number of nitrogens with zero attached hydrogens (tertiary/aromatic N) is 2. The number of para-hydroxylation sites is 2. The molecule has 0 aliphatic rings. The minimum atomic E-state index is -1.39. The Morgan fingerprint density at radius 2 is 0.793 bits per heavy atom. The molecule has 0 aliphatic heterocycles. The van der Waals surface area contributed by atoms with Gasteiger partial charge in [0.05, 0.1) is 46.9 Å². The molecule has 6 aromatic carbocycles. The van der Waals surface area contributed by atoms with Gasteiger partial charge in [0, 0.05) is 71.8 Å². The van der Waals surface area contributed by atoms with Crippen LogP contribution in [0.5, 0.6) is 0 Å². The van der Waals surface area contributed by atoms with Crippen molar-refractivity contribution in [3.05, 3.63) is 204 Å². The first-order valence-electron chi connectivity index (χ1n) is 27.2. The molecular weight excluding hydrogens is 1070 g/mol. The van der Waals surface area contributed by atoms with E-state index in [9.17, 15) is 54.2 Å². The average molecular weight is 1140 g/mol. The van der Waals surface area contributed by atoms with Crippen LogP contribution >= 0.6 is 0 Å². The summed E-state index contributed by atoms with van der Waals surface area (Å²) in [5, 5.41) is 69.3. The first-order valence-corrected chi connectivity index (χ1v) is 27.2. The second-order valence-corrected chi connectivity index (χ2v) is 20.6. The molecule has 14 nitrogen and oxygen atoms in total. The minimum absolute atomic E-state index is 0. The van der Waals surface area contributed by atoms with Gasteiger partial charge in [-0.25, -0.2) is 4.39 Å². The number of aliphatic hydroxyl groups excluding tert-OH is 4. The van der Waals surface area contributed by atoms with E-state index >= 15 is 0 Å². The molecule has 0 unspecified atom stereocenters. The molecule has 0 saturated carbocycles. The Morgan fingerprint density at radius 3 is 1.12 bits per heavy atom. The Labute approximate surface area is 507 Å². The van der Waals surface area contributed by atoms with E-state index in [-0.39, 0.29) is 93.6 Å². The van der Waals surface area contributed by atoms with Crippen LogP contribution in [0.15, 0.2) is 176 Å². The third-order valence-corrected chi connectivity index (χ3v) is 13.8. The number of aromatic nitrogens is 2. The molecule has 8 rings (SSSR count). The first kappa shape index (κ1) is 64.0. The molecule has 2 aromatic heterocycles. The van der Waals surface area contributed by atoms with Crippen LogP contribution in [0.4, 0.5) is 15.8 Å². The number of rotatable bonds is 24. The summed E-state index contributed by atoms with van der Waals surface area (Å²) in [6.07, 6.45) is -5.27. The molecule has 8 aromatic rings. The molecule has 6 N–H and O–H groups in total. The van der Waals surface area contributed by atoms with Crippen LogP contribution in [0.3, 0.4) is 0 Å². The molecule has 422 valence electrons. The number of hydrogen-bond donors (Lipinski definition) is 6. The van der Waals surface area contributed by atoms with E-state index in [2.05, 4.69) is 15.2 Å². The largest absolute Gasteiger partial charge is 2.00 e. The monoisotopic (exact) mass is 1140 g/mol. The van der Waals surface area contributed by atoms with Crippen molar-refractivity contribution < 1.29 is 54.2 Å². The number of nitrogens with one attached hydrogen (secondary N) is 2. The maximum atomic E-state index is 14.0. The van der Waals surface area contributed by atoms with E-state index in [0.717, 1.165) is 39.3 Å². The third kappa shape index (κ3) is 16.9. The van der Waals surface area contributed by atoms with Crippen molar-refractivity contribution in [2.75, 3.05) is 10.6 Å². The molecule has 2 heterocycles. The smallest absolute Gasteiger partial charge is 0.550 e. The van der Waals surface area contributed by atoms with Crippen molar-refractivity contribution in [3.63, 3.8) is 0 Å². The van der Waals surface area contributed by atoms with Gasteiger partial charge in [0.25, 0.3) is 11.8 Å². The van der Waals surface area contributed by atoms with Crippen LogP contribution in [0.25, 0.3) is 44.8 Å². The van der Waals surface area contributed by atoms with Crippen LogP contribution in [0.1, 0.15) is 110 Å². The predicted octanol–water partition coefficient (Wildman–Crippen LogP) is 9.44. The molecule has 0 bridgehead atoms. The number of benzene rings is 6. The van der Waals surface area contributed by atoms with Gasteiger partial charge >= 0.3 is 37.7 Å². The van der Waals surface area contributed by atoms with Gasteiger partial charge in [-0.2, -0.15) is 0 Å². The van der Waals surface area contributed by atoms with Gasteiger partial charge < -0.3 is 60.0 Å².